The second kappa shape index (κ2) is 13.7. The third-order valence-corrected chi connectivity index (χ3v) is 6.95. The van der Waals surface area contributed by atoms with Crippen molar-refractivity contribution in [3.63, 3.8) is 0 Å². The molecule has 0 unspecified atom stereocenters. The number of ketones is 1. The second-order valence-electron chi connectivity index (χ2n) is 9.62. The molecule has 0 N–H and O–H groups in total. The van der Waals surface area contributed by atoms with Gasteiger partial charge in [0.25, 0.3) is 0 Å². The molecule has 0 aliphatic heterocycles. The average molecular weight is 546 g/mol. The summed E-state index contributed by atoms with van der Waals surface area (Å²) in [4.78, 5) is 11.8. The van der Waals surface area contributed by atoms with E-state index in [4.69, 9.17) is 0 Å². The Morgan fingerprint density at radius 2 is 0.667 bits per heavy atom. The minimum atomic E-state index is -0.264. The van der Waals surface area contributed by atoms with E-state index in [1.165, 1.54) is 22.7 Å². The average Bonchev–Trinajstić information content (AvgIpc) is 3.08. The fourth-order valence-corrected chi connectivity index (χ4v) is 4.99. The van der Waals surface area contributed by atoms with Crippen LogP contribution in [0.3, 0.4) is 0 Å². The van der Waals surface area contributed by atoms with Crippen molar-refractivity contribution < 1.29 is 9.90 Å². The maximum absolute atomic E-state index is 11.8. The van der Waals surface area contributed by atoms with Crippen molar-refractivity contribution in [1.82, 2.24) is 4.48 Å². The molecule has 0 aliphatic rings. The number of carbonyl (C=O) groups excluding carboxylic acids is 1. The Morgan fingerprint density at radius 3 is 0.976 bits per heavy atom. The first-order valence-electron chi connectivity index (χ1n) is 13.8. The summed E-state index contributed by atoms with van der Waals surface area (Å²) >= 11 is 0. The number of rotatable bonds is 7. The van der Waals surface area contributed by atoms with E-state index in [-0.39, 0.29) is 11.5 Å². The first kappa shape index (κ1) is 28.0. The molecule has 204 valence electrons. The molecule has 6 rings (SSSR count). The minimum absolute atomic E-state index is 0.264. The van der Waals surface area contributed by atoms with Gasteiger partial charge in [-0.15, -0.1) is 0 Å². The quantitative estimate of drug-likeness (QED) is 0.0868. The van der Waals surface area contributed by atoms with Crippen molar-refractivity contribution >= 4 is 34.3 Å². The van der Waals surface area contributed by atoms with E-state index in [1.54, 1.807) is 48.5 Å². The zero-order valence-electron chi connectivity index (χ0n) is 23.2. The summed E-state index contributed by atoms with van der Waals surface area (Å²) in [5.41, 5.74) is 5.91. The first-order chi connectivity index (χ1) is 20.7. The number of nitrogens with zero attached hydrogens (tertiary/aromatic N) is 1. The molecule has 3 nitrogen and oxygen atoms in total. The molecule has 0 fully saturated rings. The Hall–Kier alpha value is -5.51. The van der Waals surface area contributed by atoms with Crippen LogP contribution in [0.1, 0.15) is 15.9 Å². The maximum atomic E-state index is 11.8. The van der Waals surface area contributed by atoms with Crippen LogP contribution in [0.15, 0.2) is 188 Å². The van der Waals surface area contributed by atoms with E-state index in [0.29, 0.717) is 15.6 Å². The highest BCUT2D eigenvalue weighted by molar-refractivity contribution is 6.07. The smallest absolute Gasteiger partial charge is 0.185 e. The highest BCUT2D eigenvalue weighted by Gasteiger charge is 2.38. The number of quaternary nitrogens is 1. The predicted octanol–water partition coefficient (Wildman–Crippen LogP) is 9.26. The second-order valence-corrected chi connectivity index (χ2v) is 9.62. The van der Waals surface area contributed by atoms with Crippen LogP contribution in [0, 0.1) is 0 Å². The molecule has 0 saturated carbocycles. The number of hydrogen-bond donors (Lipinski definition) is 0. The number of benzene rings is 6. The molecule has 3 heteroatoms. The van der Waals surface area contributed by atoms with Crippen LogP contribution in [-0.4, -0.2) is 5.78 Å². The Morgan fingerprint density at radius 1 is 0.405 bits per heavy atom. The third kappa shape index (κ3) is 6.28. The van der Waals surface area contributed by atoms with Gasteiger partial charge in [0.1, 0.15) is 22.7 Å². The zero-order valence-corrected chi connectivity index (χ0v) is 23.2. The van der Waals surface area contributed by atoms with Gasteiger partial charge in [-0.1, -0.05) is 139 Å². The monoisotopic (exact) mass is 545 g/mol. The van der Waals surface area contributed by atoms with Crippen molar-refractivity contribution in [3.8, 4) is 0 Å². The van der Waals surface area contributed by atoms with Crippen LogP contribution in [0.2, 0.25) is 0 Å². The van der Waals surface area contributed by atoms with E-state index in [9.17, 15) is 9.90 Å². The molecule has 0 amide bonds. The lowest BCUT2D eigenvalue weighted by Gasteiger charge is -2.37. The normalized spacial score (nSPS) is 11.2. The van der Waals surface area contributed by atoms with Crippen molar-refractivity contribution in [2.24, 2.45) is 0 Å². The number of hydrogen-bond acceptors (Lipinski definition) is 2. The highest BCUT2D eigenvalue weighted by Crippen LogP contribution is 2.50. The van der Waals surface area contributed by atoms with Crippen LogP contribution in [0.5, 0.6) is 0 Å². The topological polar surface area (TPSA) is 40.1 Å². The largest absolute Gasteiger partial charge is 0.872 e. The van der Waals surface area contributed by atoms with Crippen LogP contribution in [0.25, 0.3) is 5.76 Å². The summed E-state index contributed by atoms with van der Waals surface area (Å²) < 4.78 is 0.559. The molecular formula is C39H31NO2. The van der Waals surface area contributed by atoms with Crippen molar-refractivity contribution in [3.05, 3.63) is 199 Å². The lowest BCUT2D eigenvalue weighted by Crippen LogP contribution is -2.33. The summed E-state index contributed by atoms with van der Waals surface area (Å²) in [6, 6.07) is 60.3. The van der Waals surface area contributed by atoms with Crippen LogP contribution in [0.4, 0.5) is 22.7 Å². The molecule has 0 heterocycles. The number of para-hydroxylation sites is 4. The molecule has 0 radical (unpaired) electrons. The van der Waals surface area contributed by atoms with Gasteiger partial charge in [0.05, 0.1) is 0 Å². The molecule has 6 aromatic carbocycles. The lowest BCUT2D eigenvalue weighted by molar-refractivity contribution is -0.243. The van der Waals surface area contributed by atoms with Gasteiger partial charge >= 0.3 is 0 Å². The van der Waals surface area contributed by atoms with Gasteiger partial charge in [0.15, 0.2) is 5.78 Å². The summed E-state index contributed by atoms with van der Waals surface area (Å²) in [6.45, 7) is 0. The van der Waals surface area contributed by atoms with E-state index >= 15 is 0 Å². The molecule has 0 saturated heterocycles. The number of carbonyl (C=O) groups is 1. The number of allylic oxidation sites excluding steroid dienone is 1. The Labute approximate surface area is 247 Å². The fourth-order valence-electron chi connectivity index (χ4n) is 4.99. The highest BCUT2D eigenvalue weighted by atomic mass is 16.3. The standard InChI is InChI=1S/C24H20N.C15H12O2/c1-5-13-21(14-6-1)25(22-15-7-2-8-16-22,23-17-9-3-10-18-23)24-19-11-4-12-20-24;16-14(12-7-3-1-4-8-12)11-15(17)13-9-5-2-6-10-13/h1-20H;1-11,16H/q+1;/p-1/b;14-11-. The van der Waals surface area contributed by atoms with E-state index in [2.05, 4.69) is 121 Å². The molecule has 0 aromatic heterocycles. The van der Waals surface area contributed by atoms with Crippen molar-refractivity contribution in [2.75, 3.05) is 0 Å². The van der Waals surface area contributed by atoms with Gasteiger partial charge in [-0.3, -0.25) is 4.79 Å². The molecule has 0 bridgehead atoms. The van der Waals surface area contributed by atoms with Crippen LogP contribution in [-0.2, 0) is 0 Å². The van der Waals surface area contributed by atoms with Crippen molar-refractivity contribution in [1.29, 1.82) is 0 Å². The summed E-state index contributed by atoms with van der Waals surface area (Å²) in [5.74, 6) is -0.529. The third-order valence-electron chi connectivity index (χ3n) is 6.95. The molecule has 0 atom stereocenters. The fraction of sp³-hybridized carbons (Fsp3) is 0. The summed E-state index contributed by atoms with van der Waals surface area (Å²) in [7, 11) is 0. The summed E-state index contributed by atoms with van der Waals surface area (Å²) in [5, 5.41) is 11.8. The van der Waals surface area contributed by atoms with E-state index in [0.717, 1.165) is 6.08 Å². The predicted molar refractivity (Wildman–Crippen MR) is 172 cm³/mol. The first-order valence-corrected chi connectivity index (χ1v) is 13.8. The van der Waals surface area contributed by atoms with Gasteiger partial charge in [0.2, 0.25) is 0 Å². The minimum Gasteiger partial charge on any atom is -0.872 e. The Balaban J connectivity index is 0.000000181. The molecule has 0 aliphatic carbocycles. The molecule has 0 spiro atoms. The van der Waals surface area contributed by atoms with Gasteiger partial charge in [-0.05, 0) is 11.6 Å². The SMILES string of the molecule is O=C(/C=C(\[O-])c1ccccc1)c1ccccc1.c1ccc([N+](c2ccccc2)(c2ccccc2)c2ccccc2)cc1. The van der Waals surface area contributed by atoms with Crippen LogP contribution < -0.4 is 9.59 Å². The zero-order chi connectivity index (χ0) is 29.0. The molecule has 6 aromatic rings. The van der Waals surface area contributed by atoms with Crippen molar-refractivity contribution in [2.45, 2.75) is 0 Å². The van der Waals surface area contributed by atoms with Gasteiger partial charge < -0.3 is 5.11 Å². The summed E-state index contributed by atoms with van der Waals surface area (Å²) in [6.07, 6.45) is 1.13. The molecular weight excluding hydrogens is 514 g/mol. The van der Waals surface area contributed by atoms with E-state index in [1.807, 2.05) is 12.1 Å². The van der Waals surface area contributed by atoms with Crippen LogP contribution >= 0.6 is 0 Å². The Kier molecular flexibility index (Phi) is 9.15. The maximum Gasteiger partial charge on any atom is 0.185 e. The van der Waals surface area contributed by atoms with Gasteiger partial charge in [-0.25, -0.2) is 0 Å². The Bertz CT molecular complexity index is 1540. The molecule has 42 heavy (non-hydrogen) atoms. The van der Waals surface area contributed by atoms with Gasteiger partial charge in [0, 0.05) is 54.1 Å². The van der Waals surface area contributed by atoms with E-state index < -0.39 is 0 Å². The lowest BCUT2D eigenvalue weighted by atomic mass is 10.1. The van der Waals surface area contributed by atoms with Gasteiger partial charge in [-0.2, -0.15) is 4.48 Å².